The van der Waals surface area contributed by atoms with Gasteiger partial charge in [0.15, 0.2) is 6.61 Å². The van der Waals surface area contributed by atoms with Crippen LogP contribution in [0.3, 0.4) is 0 Å². The number of anilines is 1. The van der Waals surface area contributed by atoms with Crippen LogP contribution in [0.4, 0.5) is 14.5 Å². The number of hydrogen-bond donors (Lipinski definition) is 1. The minimum Gasteiger partial charge on any atom is -0.452 e. The van der Waals surface area contributed by atoms with Crippen molar-refractivity contribution in [2.45, 2.75) is 10.7 Å². The van der Waals surface area contributed by atoms with Gasteiger partial charge in [0.05, 0.1) is 10.5 Å². The number of alkyl halides is 2. The minimum atomic E-state index is -4.74. The highest BCUT2D eigenvalue weighted by Gasteiger charge is 2.26. The summed E-state index contributed by atoms with van der Waals surface area (Å²) in [5.41, 5.74) is 0.328. The number of nitrogens with one attached hydrogen (secondary N) is 1. The number of sulfone groups is 1. The van der Waals surface area contributed by atoms with E-state index in [1.165, 1.54) is 6.07 Å². The van der Waals surface area contributed by atoms with Gasteiger partial charge in [-0.15, -0.1) is 0 Å². The topological polar surface area (TPSA) is 89.5 Å². The van der Waals surface area contributed by atoms with E-state index in [0.717, 1.165) is 24.3 Å². The second-order valence-corrected chi connectivity index (χ2v) is 7.32. The Morgan fingerprint density at radius 1 is 1.12 bits per heavy atom. The quantitative estimate of drug-likeness (QED) is 0.748. The van der Waals surface area contributed by atoms with E-state index in [9.17, 15) is 26.8 Å². The van der Waals surface area contributed by atoms with Crippen molar-refractivity contribution in [2.24, 2.45) is 0 Å². The summed E-state index contributed by atoms with van der Waals surface area (Å²) in [6, 6.07) is 10.1. The molecule has 0 spiro atoms. The van der Waals surface area contributed by atoms with Gasteiger partial charge in [0.25, 0.3) is 5.91 Å². The standard InChI is InChI=1S/C16H12ClF2NO5S/c17-11-2-1-3-12(8-11)20-14(21)9-25-15(22)10-4-6-13(7-5-10)26(23,24)16(18)19/h1-8,16H,9H2,(H,20,21). The fourth-order valence-corrected chi connectivity index (χ4v) is 2.77. The SMILES string of the molecule is O=C(COC(=O)c1ccc(S(=O)(=O)C(F)F)cc1)Nc1cccc(Cl)c1. The first-order chi connectivity index (χ1) is 12.2. The Bertz CT molecular complexity index is 916. The van der Waals surface area contributed by atoms with Gasteiger partial charge in [0.1, 0.15) is 0 Å². The number of esters is 1. The molecular weight excluding hydrogens is 392 g/mol. The number of ether oxygens (including phenoxy) is 1. The maximum atomic E-state index is 12.4. The lowest BCUT2D eigenvalue weighted by atomic mass is 10.2. The number of rotatable bonds is 6. The zero-order chi connectivity index (χ0) is 19.3. The molecule has 2 aromatic rings. The minimum absolute atomic E-state index is 0.0891. The molecule has 26 heavy (non-hydrogen) atoms. The zero-order valence-electron chi connectivity index (χ0n) is 13.0. The van der Waals surface area contributed by atoms with Crippen LogP contribution >= 0.6 is 11.6 Å². The molecule has 2 rings (SSSR count). The van der Waals surface area contributed by atoms with Gasteiger partial charge in [0, 0.05) is 10.7 Å². The van der Waals surface area contributed by atoms with Crippen LogP contribution in [0.15, 0.2) is 53.4 Å². The van der Waals surface area contributed by atoms with E-state index in [4.69, 9.17) is 16.3 Å². The van der Waals surface area contributed by atoms with Crippen molar-refractivity contribution >= 4 is 39.0 Å². The summed E-state index contributed by atoms with van der Waals surface area (Å²) >= 11 is 5.77. The second kappa shape index (κ2) is 8.24. The number of halogens is 3. The molecule has 138 valence electrons. The first-order valence-electron chi connectivity index (χ1n) is 7.05. The van der Waals surface area contributed by atoms with Gasteiger partial charge >= 0.3 is 11.7 Å². The summed E-state index contributed by atoms with van der Waals surface area (Å²) in [7, 11) is -4.74. The smallest absolute Gasteiger partial charge is 0.341 e. The van der Waals surface area contributed by atoms with Crippen molar-refractivity contribution in [1.29, 1.82) is 0 Å². The largest absolute Gasteiger partial charge is 0.452 e. The highest BCUT2D eigenvalue weighted by Crippen LogP contribution is 2.19. The van der Waals surface area contributed by atoms with Crippen LogP contribution < -0.4 is 5.32 Å². The third-order valence-corrected chi connectivity index (χ3v) is 4.73. The van der Waals surface area contributed by atoms with Crippen LogP contribution in [0.1, 0.15) is 10.4 Å². The number of carbonyl (C=O) groups is 2. The van der Waals surface area contributed by atoms with E-state index in [-0.39, 0.29) is 5.56 Å². The average molecular weight is 404 g/mol. The monoisotopic (exact) mass is 403 g/mol. The number of amides is 1. The van der Waals surface area contributed by atoms with Crippen LogP contribution in [0.25, 0.3) is 0 Å². The lowest BCUT2D eigenvalue weighted by molar-refractivity contribution is -0.119. The third kappa shape index (κ3) is 4.99. The average Bonchev–Trinajstić information content (AvgIpc) is 2.59. The molecule has 0 heterocycles. The Morgan fingerprint density at radius 2 is 1.77 bits per heavy atom. The lowest BCUT2D eigenvalue weighted by Gasteiger charge is -2.07. The molecule has 0 unspecified atom stereocenters. The molecule has 0 aromatic heterocycles. The molecule has 0 atom stereocenters. The number of carbonyl (C=O) groups excluding carboxylic acids is 2. The fraction of sp³-hybridized carbons (Fsp3) is 0.125. The molecule has 2 aromatic carbocycles. The number of benzene rings is 2. The summed E-state index contributed by atoms with van der Waals surface area (Å²) in [6.07, 6.45) is 0. The Morgan fingerprint density at radius 3 is 2.35 bits per heavy atom. The molecule has 6 nitrogen and oxygen atoms in total. The molecule has 0 saturated heterocycles. The van der Waals surface area contributed by atoms with Gasteiger partial charge in [-0.25, -0.2) is 13.2 Å². The third-order valence-electron chi connectivity index (χ3n) is 3.10. The molecule has 1 N–H and O–H groups in total. The van der Waals surface area contributed by atoms with Crippen LogP contribution in [-0.4, -0.2) is 32.7 Å². The summed E-state index contributed by atoms with van der Waals surface area (Å²) in [6.45, 7) is -0.595. The fourth-order valence-electron chi connectivity index (χ4n) is 1.86. The predicted octanol–water partition coefficient (Wildman–Crippen LogP) is 3.13. The highest BCUT2D eigenvalue weighted by atomic mass is 35.5. The normalized spacial score (nSPS) is 11.2. The lowest BCUT2D eigenvalue weighted by Crippen LogP contribution is -2.21. The van der Waals surface area contributed by atoms with Crippen molar-refractivity contribution in [3.63, 3.8) is 0 Å². The van der Waals surface area contributed by atoms with E-state index >= 15 is 0 Å². The molecular formula is C16H12ClF2NO5S. The molecule has 0 radical (unpaired) electrons. The van der Waals surface area contributed by atoms with Crippen LogP contribution in [0.2, 0.25) is 5.02 Å². The van der Waals surface area contributed by atoms with E-state index in [0.29, 0.717) is 10.7 Å². The first kappa shape index (κ1) is 19.8. The molecule has 0 saturated carbocycles. The summed E-state index contributed by atoms with van der Waals surface area (Å²) in [5, 5.41) is 2.88. The molecule has 0 fully saturated rings. The Labute approximate surface area is 152 Å². The van der Waals surface area contributed by atoms with Gasteiger partial charge in [-0.2, -0.15) is 8.78 Å². The number of hydrogen-bond acceptors (Lipinski definition) is 5. The van der Waals surface area contributed by atoms with E-state index < -0.39 is 39.0 Å². The molecule has 10 heteroatoms. The molecule has 0 bridgehead atoms. The van der Waals surface area contributed by atoms with Gasteiger partial charge in [-0.05, 0) is 42.5 Å². The van der Waals surface area contributed by atoms with Crippen molar-refractivity contribution in [2.75, 3.05) is 11.9 Å². The maximum Gasteiger partial charge on any atom is 0.341 e. The molecule has 1 amide bonds. The Kier molecular flexibility index (Phi) is 6.27. The van der Waals surface area contributed by atoms with Crippen LogP contribution in [0, 0.1) is 0 Å². The zero-order valence-corrected chi connectivity index (χ0v) is 14.6. The highest BCUT2D eigenvalue weighted by molar-refractivity contribution is 7.91. The van der Waals surface area contributed by atoms with Crippen molar-refractivity contribution in [3.8, 4) is 0 Å². The van der Waals surface area contributed by atoms with Gasteiger partial charge in [-0.3, -0.25) is 4.79 Å². The Hall–Kier alpha value is -2.52. The van der Waals surface area contributed by atoms with E-state index in [1.54, 1.807) is 18.2 Å². The van der Waals surface area contributed by atoms with E-state index in [2.05, 4.69) is 5.32 Å². The first-order valence-corrected chi connectivity index (χ1v) is 8.97. The van der Waals surface area contributed by atoms with Gasteiger partial charge in [0.2, 0.25) is 9.84 Å². The summed E-state index contributed by atoms with van der Waals surface area (Å²) < 4.78 is 52.3. The Balaban J connectivity index is 1.94. The van der Waals surface area contributed by atoms with Crippen LogP contribution in [0.5, 0.6) is 0 Å². The second-order valence-electron chi connectivity index (χ2n) is 4.96. The van der Waals surface area contributed by atoms with Crippen LogP contribution in [-0.2, 0) is 19.4 Å². The van der Waals surface area contributed by atoms with Crippen molar-refractivity contribution < 1.29 is 31.5 Å². The van der Waals surface area contributed by atoms with Gasteiger partial charge < -0.3 is 10.1 Å². The summed E-state index contributed by atoms with van der Waals surface area (Å²) in [5.74, 6) is -5.08. The molecule has 0 aliphatic rings. The molecule has 0 aliphatic carbocycles. The van der Waals surface area contributed by atoms with Crippen molar-refractivity contribution in [3.05, 3.63) is 59.1 Å². The van der Waals surface area contributed by atoms with E-state index in [1.807, 2.05) is 0 Å². The maximum absolute atomic E-state index is 12.4. The molecule has 0 aliphatic heterocycles. The summed E-state index contributed by atoms with van der Waals surface area (Å²) in [4.78, 5) is 22.9. The van der Waals surface area contributed by atoms with Gasteiger partial charge in [-0.1, -0.05) is 17.7 Å². The van der Waals surface area contributed by atoms with Crippen molar-refractivity contribution in [1.82, 2.24) is 0 Å². The predicted molar refractivity (Wildman–Crippen MR) is 90.0 cm³/mol.